The van der Waals surface area contributed by atoms with E-state index >= 15 is 0 Å². The standard InChI is InChI=1S/C25H33F/c1-2-5-20-8-10-21(11-9-20)6-3-4-7-22-12-14-23(15-13-22)24-16-18-25(26)19-17-24/h3,6,16-23H,2,5,8-15H2,1H3. The molecule has 1 aromatic carbocycles. The monoisotopic (exact) mass is 352 g/mol. The maximum absolute atomic E-state index is 13.1. The van der Waals surface area contributed by atoms with Crippen molar-refractivity contribution in [1.29, 1.82) is 0 Å². The van der Waals surface area contributed by atoms with Crippen molar-refractivity contribution in [3.8, 4) is 11.8 Å². The molecule has 0 heterocycles. The number of hydrogen-bond donors (Lipinski definition) is 0. The van der Waals surface area contributed by atoms with Gasteiger partial charge in [0.05, 0.1) is 0 Å². The lowest BCUT2D eigenvalue weighted by atomic mass is 9.79. The topological polar surface area (TPSA) is 0 Å². The molecule has 1 heteroatoms. The van der Waals surface area contributed by atoms with Crippen molar-refractivity contribution in [2.45, 2.75) is 77.0 Å². The van der Waals surface area contributed by atoms with Crippen LogP contribution in [-0.2, 0) is 0 Å². The molecular formula is C25H33F. The number of allylic oxidation sites excluding steroid dienone is 2. The van der Waals surface area contributed by atoms with E-state index in [0.717, 1.165) is 11.8 Å². The van der Waals surface area contributed by atoms with Crippen LogP contribution < -0.4 is 0 Å². The predicted octanol–water partition coefficient (Wildman–Crippen LogP) is 7.27. The van der Waals surface area contributed by atoms with E-state index < -0.39 is 0 Å². The molecular weight excluding hydrogens is 319 g/mol. The van der Waals surface area contributed by atoms with Gasteiger partial charge >= 0.3 is 0 Å². The highest BCUT2D eigenvalue weighted by atomic mass is 19.1. The summed E-state index contributed by atoms with van der Waals surface area (Å²) in [5.74, 6) is 9.51. The summed E-state index contributed by atoms with van der Waals surface area (Å²) in [6.45, 7) is 2.30. The van der Waals surface area contributed by atoms with Crippen LogP contribution in [0.1, 0.15) is 82.6 Å². The van der Waals surface area contributed by atoms with Crippen molar-refractivity contribution >= 4 is 0 Å². The zero-order valence-corrected chi connectivity index (χ0v) is 16.2. The second kappa shape index (κ2) is 9.96. The molecule has 0 unspecified atom stereocenters. The SMILES string of the molecule is CCCC1CCC(C=CC#CC2CCC(c3ccc(F)cc3)CC2)CC1. The molecule has 0 saturated heterocycles. The molecule has 0 N–H and O–H groups in total. The smallest absolute Gasteiger partial charge is 0.123 e. The molecule has 140 valence electrons. The Kier molecular flexibility index (Phi) is 7.36. The van der Waals surface area contributed by atoms with Gasteiger partial charge in [-0.1, -0.05) is 49.8 Å². The zero-order chi connectivity index (χ0) is 18.2. The highest BCUT2D eigenvalue weighted by molar-refractivity contribution is 5.23. The molecule has 1 aromatic rings. The van der Waals surface area contributed by atoms with Crippen LogP contribution in [0.5, 0.6) is 0 Å². The molecule has 0 radical (unpaired) electrons. The summed E-state index contributed by atoms with van der Waals surface area (Å²) >= 11 is 0. The van der Waals surface area contributed by atoms with Gasteiger partial charge in [0, 0.05) is 5.92 Å². The van der Waals surface area contributed by atoms with Crippen LogP contribution >= 0.6 is 0 Å². The number of hydrogen-bond acceptors (Lipinski definition) is 0. The number of rotatable bonds is 4. The molecule has 0 amide bonds. The lowest BCUT2D eigenvalue weighted by Gasteiger charge is -2.26. The summed E-state index contributed by atoms with van der Waals surface area (Å²) in [5, 5.41) is 0. The molecule has 0 aromatic heterocycles. The van der Waals surface area contributed by atoms with Gasteiger partial charge in [-0.15, -0.1) is 0 Å². The van der Waals surface area contributed by atoms with E-state index in [1.165, 1.54) is 69.8 Å². The summed E-state index contributed by atoms with van der Waals surface area (Å²) in [6, 6.07) is 7.07. The lowest BCUT2D eigenvalue weighted by molar-refractivity contribution is 0.294. The van der Waals surface area contributed by atoms with Crippen molar-refractivity contribution < 1.29 is 4.39 Å². The maximum Gasteiger partial charge on any atom is 0.123 e. The van der Waals surface area contributed by atoms with Crippen molar-refractivity contribution in [3.05, 3.63) is 47.8 Å². The van der Waals surface area contributed by atoms with Gasteiger partial charge in [0.25, 0.3) is 0 Å². The molecule has 26 heavy (non-hydrogen) atoms. The Hall–Kier alpha value is -1.55. The molecule has 0 aliphatic heterocycles. The average Bonchev–Trinajstić information content (AvgIpc) is 2.68. The van der Waals surface area contributed by atoms with Gasteiger partial charge in [-0.05, 0) is 92.9 Å². The Morgan fingerprint density at radius 2 is 1.65 bits per heavy atom. The van der Waals surface area contributed by atoms with E-state index in [1.807, 2.05) is 12.1 Å². The molecule has 0 atom stereocenters. The first-order valence-electron chi connectivity index (χ1n) is 10.7. The molecule has 0 nitrogen and oxygen atoms in total. The van der Waals surface area contributed by atoms with E-state index in [9.17, 15) is 4.39 Å². The van der Waals surface area contributed by atoms with Crippen LogP contribution in [0.25, 0.3) is 0 Å². The molecule has 0 spiro atoms. The Morgan fingerprint density at radius 3 is 2.31 bits per heavy atom. The third kappa shape index (κ3) is 5.73. The normalized spacial score (nSPS) is 29.3. The molecule has 2 aliphatic carbocycles. The van der Waals surface area contributed by atoms with Crippen LogP contribution in [0, 0.1) is 35.4 Å². The quantitative estimate of drug-likeness (QED) is 0.500. The van der Waals surface area contributed by atoms with Gasteiger partial charge in [-0.2, -0.15) is 0 Å². The maximum atomic E-state index is 13.1. The Bertz CT molecular complexity index is 614. The van der Waals surface area contributed by atoms with Gasteiger partial charge in [0.1, 0.15) is 5.82 Å². The minimum absolute atomic E-state index is 0.140. The summed E-state index contributed by atoms with van der Waals surface area (Å²) in [5.41, 5.74) is 1.29. The van der Waals surface area contributed by atoms with Gasteiger partial charge in [0.2, 0.25) is 0 Å². The lowest BCUT2D eigenvalue weighted by Crippen LogP contribution is -2.12. The third-order valence-corrected chi connectivity index (χ3v) is 6.40. The van der Waals surface area contributed by atoms with E-state index in [0.29, 0.717) is 11.8 Å². The molecule has 2 aliphatic rings. The highest BCUT2D eigenvalue weighted by Crippen LogP contribution is 2.35. The Balaban J connectivity index is 1.39. The second-order valence-corrected chi connectivity index (χ2v) is 8.32. The fourth-order valence-corrected chi connectivity index (χ4v) is 4.73. The first kappa shape index (κ1) is 19.2. The summed E-state index contributed by atoms with van der Waals surface area (Å²) < 4.78 is 13.1. The fourth-order valence-electron chi connectivity index (χ4n) is 4.73. The number of benzene rings is 1. The average molecular weight is 353 g/mol. The van der Waals surface area contributed by atoms with Crippen LogP contribution in [0.15, 0.2) is 36.4 Å². The molecule has 2 fully saturated rings. The van der Waals surface area contributed by atoms with Gasteiger partial charge in [0.15, 0.2) is 0 Å². The van der Waals surface area contributed by atoms with E-state index in [2.05, 4.69) is 30.9 Å². The van der Waals surface area contributed by atoms with Crippen LogP contribution in [-0.4, -0.2) is 0 Å². The Labute approximate surface area is 159 Å². The predicted molar refractivity (Wildman–Crippen MR) is 108 cm³/mol. The van der Waals surface area contributed by atoms with E-state index in [-0.39, 0.29) is 5.82 Å². The summed E-state index contributed by atoms with van der Waals surface area (Å²) in [4.78, 5) is 0. The van der Waals surface area contributed by atoms with Gasteiger partial charge in [-0.25, -0.2) is 4.39 Å². The van der Waals surface area contributed by atoms with E-state index in [4.69, 9.17) is 0 Å². The number of halogens is 1. The highest BCUT2D eigenvalue weighted by Gasteiger charge is 2.21. The van der Waals surface area contributed by atoms with Crippen molar-refractivity contribution in [2.75, 3.05) is 0 Å². The molecule has 2 saturated carbocycles. The van der Waals surface area contributed by atoms with Crippen molar-refractivity contribution in [2.24, 2.45) is 17.8 Å². The zero-order valence-electron chi connectivity index (χ0n) is 16.2. The fraction of sp³-hybridized carbons (Fsp3) is 0.600. The van der Waals surface area contributed by atoms with E-state index in [1.54, 1.807) is 12.1 Å². The first-order chi connectivity index (χ1) is 12.7. The van der Waals surface area contributed by atoms with Crippen molar-refractivity contribution in [3.63, 3.8) is 0 Å². The second-order valence-electron chi connectivity index (χ2n) is 8.32. The summed E-state index contributed by atoms with van der Waals surface area (Å²) in [6.07, 6.45) is 17.4. The van der Waals surface area contributed by atoms with Crippen LogP contribution in [0.4, 0.5) is 4.39 Å². The van der Waals surface area contributed by atoms with Gasteiger partial charge in [-0.3, -0.25) is 0 Å². The third-order valence-electron chi connectivity index (χ3n) is 6.40. The largest absolute Gasteiger partial charge is 0.207 e. The minimum atomic E-state index is -0.140. The minimum Gasteiger partial charge on any atom is -0.207 e. The Morgan fingerprint density at radius 1 is 0.962 bits per heavy atom. The van der Waals surface area contributed by atoms with Crippen LogP contribution in [0.3, 0.4) is 0 Å². The molecule has 3 rings (SSSR count). The first-order valence-corrected chi connectivity index (χ1v) is 10.7. The molecule has 0 bridgehead atoms. The van der Waals surface area contributed by atoms with Crippen LogP contribution in [0.2, 0.25) is 0 Å². The van der Waals surface area contributed by atoms with Gasteiger partial charge < -0.3 is 0 Å². The summed E-state index contributed by atoms with van der Waals surface area (Å²) in [7, 11) is 0. The van der Waals surface area contributed by atoms with Crippen molar-refractivity contribution in [1.82, 2.24) is 0 Å².